The molecule has 0 saturated carbocycles. The molecule has 1 aromatic heterocycles. The number of hydrogen-bond donors (Lipinski definition) is 2. The zero-order valence-electron chi connectivity index (χ0n) is 15.8. The molecule has 1 heterocycles. The smallest absolute Gasteiger partial charge is 0.233 e. The van der Waals surface area contributed by atoms with E-state index in [4.69, 9.17) is 10.6 Å². The number of nitrogens with one attached hydrogen (secondary N) is 1. The fourth-order valence-corrected chi connectivity index (χ4v) is 3.42. The Hall–Kier alpha value is -3.00. The molecule has 0 aliphatic heterocycles. The van der Waals surface area contributed by atoms with Crippen molar-refractivity contribution in [2.24, 2.45) is 0 Å². The monoisotopic (exact) mass is 397 g/mol. The number of nitrogens with zero attached hydrogens (tertiary/aromatic N) is 3. The summed E-state index contributed by atoms with van der Waals surface area (Å²) in [4.78, 5) is 12.4. The third-order valence-electron chi connectivity index (χ3n) is 4.22. The summed E-state index contributed by atoms with van der Waals surface area (Å²) >= 11 is 1.28. The summed E-state index contributed by atoms with van der Waals surface area (Å²) in [6.07, 6.45) is 0.790. The highest BCUT2D eigenvalue weighted by Gasteiger charge is 2.19. The fourth-order valence-electron chi connectivity index (χ4n) is 2.62. The second-order valence-electron chi connectivity index (χ2n) is 6.19. The molecule has 0 unspecified atom stereocenters. The van der Waals surface area contributed by atoms with E-state index < -0.39 is 0 Å². The summed E-state index contributed by atoms with van der Waals surface area (Å²) in [5, 5.41) is 11.4. The van der Waals surface area contributed by atoms with Crippen LogP contribution in [0.3, 0.4) is 0 Å². The molecule has 0 radical (unpaired) electrons. The number of nitrogen functional groups attached to an aromatic ring is 1. The molecule has 3 N–H and O–H groups in total. The number of ether oxygens (including phenoxy) is 1. The maximum atomic E-state index is 12.4. The van der Waals surface area contributed by atoms with Gasteiger partial charge in [0.15, 0.2) is 5.82 Å². The third kappa shape index (κ3) is 4.83. The van der Waals surface area contributed by atoms with Crippen LogP contribution in [0.1, 0.15) is 12.5 Å². The van der Waals surface area contributed by atoms with Gasteiger partial charge in [-0.2, -0.15) is 0 Å². The van der Waals surface area contributed by atoms with Crippen molar-refractivity contribution in [2.75, 3.05) is 19.5 Å². The van der Waals surface area contributed by atoms with Crippen molar-refractivity contribution in [1.29, 1.82) is 0 Å². The molecule has 0 bridgehead atoms. The van der Waals surface area contributed by atoms with E-state index in [0.29, 0.717) is 17.5 Å². The van der Waals surface area contributed by atoms with Crippen LogP contribution in [0, 0.1) is 0 Å². The summed E-state index contributed by atoms with van der Waals surface area (Å²) in [6, 6.07) is 17.4. The minimum atomic E-state index is -0.342. The van der Waals surface area contributed by atoms with Crippen LogP contribution in [0.4, 0.5) is 0 Å². The van der Waals surface area contributed by atoms with E-state index in [1.807, 2.05) is 61.5 Å². The third-order valence-corrected chi connectivity index (χ3v) is 5.28. The van der Waals surface area contributed by atoms with Crippen LogP contribution in [-0.4, -0.2) is 39.7 Å². The molecule has 0 fully saturated rings. The molecule has 1 amide bonds. The number of hydrogen-bond acceptors (Lipinski definition) is 6. The van der Waals surface area contributed by atoms with Gasteiger partial charge in [0.1, 0.15) is 5.75 Å². The summed E-state index contributed by atoms with van der Waals surface area (Å²) in [5.41, 5.74) is 2.01. The van der Waals surface area contributed by atoms with E-state index in [1.54, 1.807) is 7.11 Å². The zero-order chi connectivity index (χ0) is 19.9. The fraction of sp³-hybridized carbons (Fsp3) is 0.250. The molecule has 0 spiro atoms. The van der Waals surface area contributed by atoms with E-state index in [-0.39, 0.29) is 11.2 Å². The van der Waals surface area contributed by atoms with Gasteiger partial charge in [0, 0.05) is 12.1 Å². The first-order valence-corrected chi connectivity index (χ1v) is 9.79. The van der Waals surface area contributed by atoms with Gasteiger partial charge in [0.05, 0.1) is 12.4 Å². The van der Waals surface area contributed by atoms with E-state index in [1.165, 1.54) is 22.0 Å². The first-order chi connectivity index (χ1) is 13.6. The molecular weight excluding hydrogens is 374 g/mol. The standard InChI is InChI=1S/C20H23N5O2S/c1-14(19(26)22-13-12-15-6-4-3-5-7-15)28-20-24-23-18(25(20)21)16-8-10-17(27-2)11-9-16/h3-11,14H,12-13,21H2,1-2H3,(H,22,26)/t14-/m1/s1. The summed E-state index contributed by atoms with van der Waals surface area (Å²) < 4.78 is 6.56. The molecule has 0 saturated heterocycles. The largest absolute Gasteiger partial charge is 0.497 e. The number of methoxy groups -OCH3 is 1. The highest BCUT2D eigenvalue weighted by atomic mass is 32.2. The normalized spacial score (nSPS) is 11.8. The first-order valence-electron chi connectivity index (χ1n) is 8.91. The van der Waals surface area contributed by atoms with E-state index in [0.717, 1.165) is 17.7 Å². The Bertz CT molecular complexity index is 912. The Kier molecular flexibility index (Phi) is 6.54. The molecule has 7 nitrogen and oxygen atoms in total. The van der Waals surface area contributed by atoms with Gasteiger partial charge in [-0.3, -0.25) is 4.79 Å². The van der Waals surface area contributed by atoms with Crippen molar-refractivity contribution in [3.05, 3.63) is 60.2 Å². The van der Waals surface area contributed by atoms with Gasteiger partial charge in [-0.15, -0.1) is 10.2 Å². The van der Waals surface area contributed by atoms with Crippen molar-refractivity contribution >= 4 is 17.7 Å². The first kappa shape index (κ1) is 19.8. The predicted molar refractivity (Wildman–Crippen MR) is 111 cm³/mol. The van der Waals surface area contributed by atoms with Crippen molar-refractivity contribution in [2.45, 2.75) is 23.8 Å². The Labute approximate surface area is 168 Å². The molecule has 146 valence electrons. The SMILES string of the molecule is COc1ccc(-c2nnc(S[C@H](C)C(=O)NCCc3ccccc3)n2N)cc1. The average Bonchev–Trinajstić information content (AvgIpc) is 3.09. The van der Waals surface area contributed by atoms with Gasteiger partial charge in [-0.1, -0.05) is 42.1 Å². The molecular formula is C20H23N5O2S. The van der Waals surface area contributed by atoms with Crippen molar-refractivity contribution < 1.29 is 9.53 Å². The van der Waals surface area contributed by atoms with Crippen molar-refractivity contribution in [3.8, 4) is 17.1 Å². The lowest BCUT2D eigenvalue weighted by Crippen LogP contribution is -2.32. The lowest BCUT2D eigenvalue weighted by Gasteiger charge is -2.11. The van der Waals surface area contributed by atoms with E-state index in [9.17, 15) is 4.79 Å². The Morgan fingerprint density at radius 2 is 1.89 bits per heavy atom. The van der Waals surface area contributed by atoms with Crippen LogP contribution in [-0.2, 0) is 11.2 Å². The van der Waals surface area contributed by atoms with Gasteiger partial charge < -0.3 is 15.9 Å². The number of benzene rings is 2. The molecule has 3 aromatic rings. The molecule has 2 aromatic carbocycles. The molecule has 28 heavy (non-hydrogen) atoms. The summed E-state index contributed by atoms with van der Waals surface area (Å²) in [7, 11) is 1.61. The van der Waals surface area contributed by atoms with Crippen LogP contribution >= 0.6 is 11.8 Å². The topological polar surface area (TPSA) is 95.1 Å². The summed E-state index contributed by atoms with van der Waals surface area (Å²) in [6.45, 7) is 2.41. The van der Waals surface area contributed by atoms with Crippen molar-refractivity contribution in [1.82, 2.24) is 20.2 Å². The maximum absolute atomic E-state index is 12.4. The molecule has 8 heteroatoms. The van der Waals surface area contributed by atoms with Crippen LogP contribution in [0.2, 0.25) is 0 Å². The highest BCUT2D eigenvalue weighted by Crippen LogP contribution is 2.25. The van der Waals surface area contributed by atoms with Crippen LogP contribution in [0.25, 0.3) is 11.4 Å². The Morgan fingerprint density at radius 3 is 2.57 bits per heavy atom. The van der Waals surface area contributed by atoms with Gasteiger partial charge in [0.2, 0.25) is 11.1 Å². The number of thioether (sulfide) groups is 1. The van der Waals surface area contributed by atoms with Crippen molar-refractivity contribution in [3.63, 3.8) is 0 Å². The molecule has 0 aliphatic rings. The maximum Gasteiger partial charge on any atom is 0.233 e. The lowest BCUT2D eigenvalue weighted by atomic mass is 10.1. The minimum Gasteiger partial charge on any atom is -0.497 e. The van der Waals surface area contributed by atoms with E-state index in [2.05, 4.69) is 15.5 Å². The van der Waals surface area contributed by atoms with Crippen LogP contribution in [0.5, 0.6) is 5.75 Å². The second kappa shape index (κ2) is 9.27. The lowest BCUT2D eigenvalue weighted by molar-refractivity contribution is -0.120. The van der Waals surface area contributed by atoms with Gasteiger partial charge in [-0.25, -0.2) is 4.68 Å². The zero-order valence-corrected chi connectivity index (χ0v) is 16.6. The predicted octanol–water partition coefficient (Wildman–Crippen LogP) is 2.51. The Balaban J connectivity index is 1.56. The van der Waals surface area contributed by atoms with E-state index >= 15 is 0 Å². The number of amides is 1. The number of carbonyl (C=O) groups is 1. The number of aromatic nitrogens is 3. The minimum absolute atomic E-state index is 0.0603. The molecule has 0 aliphatic carbocycles. The van der Waals surface area contributed by atoms with Gasteiger partial charge in [0.25, 0.3) is 0 Å². The van der Waals surface area contributed by atoms with Gasteiger partial charge in [-0.05, 0) is 43.2 Å². The second-order valence-corrected chi connectivity index (χ2v) is 7.50. The number of carbonyl (C=O) groups excluding carboxylic acids is 1. The molecule has 1 atom stereocenters. The van der Waals surface area contributed by atoms with Crippen LogP contribution in [0.15, 0.2) is 59.8 Å². The Morgan fingerprint density at radius 1 is 1.18 bits per heavy atom. The van der Waals surface area contributed by atoms with Crippen LogP contribution < -0.4 is 15.9 Å². The van der Waals surface area contributed by atoms with Gasteiger partial charge >= 0.3 is 0 Å². The highest BCUT2D eigenvalue weighted by molar-refractivity contribution is 8.00. The summed E-state index contributed by atoms with van der Waals surface area (Å²) in [5.74, 6) is 7.36. The molecule has 3 rings (SSSR count). The average molecular weight is 398 g/mol. The quantitative estimate of drug-likeness (QED) is 0.448. The number of nitrogens with two attached hydrogens (primary N) is 1. The number of rotatable bonds is 8.